The van der Waals surface area contributed by atoms with Crippen LogP contribution in [0.2, 0.25) is 0 Å². The van der Waals surface area contributed by atoms with Crippen molar-refractivity contribution in [3.8, 4) is 17.6 Å². The van der Waals surface area contributed by atoms with Gasteiger partial charge in [0.15, 0.2) is 11.5 Å². The van der Waals surface area contributed by atoms with E-state index in [1.54, 1.807) is 14.2 Å². The first-order valence-electron chi connectivity index (χ1n) is 10.6. The average molecular weight is 442 g/mol. The van der Waals surface area contributed by atoms with E-state index in [4.69, 9.17) is 9.47 Å². The zero-order chi connectivity index (χ0) is 23.5. The summed E-state index contributed by atoms with van der Waals surface area (Å²) in [6.07, 6.45) is 2.15. The van der Waals surface area contributed by atoms with Crippen LogP contribution in [0, 0.1) is 11.3 Å². The molecular formula is C27H27N3O3. The van der Waals surface area contributed by atoms with Crippen LogP contribution in [0.1, 0.15) is 22.7 Å². The molecule has 0 saturated carbocycles. The lowest BCUT2D eigenvalue weighted by molar-refractivity contribution is -0.117. The molecule has 0 aliphatic heterocycles. The van der Waals surface area contributed by atoms with E-state index in [1.165, 1.54) is 6.20 Å². The van der Waals surface area contributed by atoms with Crippen molar-refractivity contribution in [1.29, 1.82) is 5.26 Å². The second-order valence-electron chi connectivity index (χ2n) is 7.29. The van der Waals surface area contributed by atoms with Gasteiger partial charge in [-0.2, -0.15) is 5.26 Å². The van der Waals surface area contributed by atoms with Crippen molar-refractivity contribution >= 4 is 5.91 Å². The second-order valence-corrected chi connectivity index (χ2v) is 7.29. The highest BCUT2D eigenvalue weighted by Crippen LogP contribution is 2.27. The smallest absolute Gasteiger partial charge is 0.264 e. The van der Waals surface area contributed by atoms with Crippen LogP contribution >= 0.6 is 0 Å². The highest BCUT2D eigenvalue weighted by atomic mass is 16.5. The topological polar surface area (TPSA) is 83.4 Å². The maximum absolute atomic E-state index is 12.9. The fourth-order valence-electron chi connectivity index (χ4n) is 3.43. The summed E-state index contributed by atoms with van der Waals surface area (Å²) in [6, 6.07) is 26.7. The summed E-state index contributed by atoms with van der Waals surface area (Å²) in [6.45, 7) is 0.550. The molecule has 6 heteroatoms. The number of nitrogens with zero attached hydrogens (tertiary/aromatic N) is 1. The number of amides is 1. The van der Waals surface area contributed by atoms with Crippen molar-refractivity contribution in [3.05, 3.63) is 107 Å². The van der Waals surface area contributed by atoms with E-state index in [2.05, 4.69) is 10.6 Å². The number of rotatable bonds is 10. The number of carbonyl (C=O) groups excluding carboxylic acids is 1. The van der Waals surface area contributed by atoms with Gasteiger partial charge in [-0.3, -0.25) is 4.79 Å². The minimum Gasteiger partial charge on any atom is -0.493 e. The number of nitriles is 1. The van der Waals surface area contributed by atoms with Gasteiger partial charge >= 0.3 is 0 Å². The van der Waals surface area contributed by atoms with Gasteiger partial charge in [0.1, 0.15) is 11.6 Å². The minimum absolute atomic E-state index is 0.0131. The molecule has 0 spiro atoms. The molecule has 0 aromatic heterocycles. The van der Waals surface area contributed by atoms with Gasteiger partial charge in [0.2, 0.25) is 0 Å². The van der Waals surface area contributed by atoms with Gasteiger partial charge < -0.3 is 20.1 Å². The number of hydrogen-bond acceptors (Lipinski definition) is 5. The lowest BCUT2D eigenvalue weighted by atomic mass is 9.98. The Kier molecular flexibility index (Phi) is 8.49. The van der Waals surface area contributed by atoms with Crippen molar-refractivity contribution in [2.75, 3.05) is 20.8 Å². The second kappa shape index (κ2) is 12.0. The summed E-state index contributed by atoms with van der Waals surface area (Å²) >= 11 is 0. The van der Waals surface area contributed by atoms with Gasteiger partial charge in [-0.15, -0.1) is 0 Å². The molecule has 0 aliphatic rings. The number of methoxy groups -OCH3 is 2. The minimum atomic E-state index is -0.436. The van der Waals surface area contributed by atoms with Gasteiger partial charge in [0, 0.05) is 12.7 Å². The van der Waals surface area contributed by atoms with Crippen molar-refractivity contribution in [3.63, 3.8) is 0 Å². The maximum atomic E-state index is 12.9. The average Bonchev–Trinajstić information content (AvgIpc) is 2.88. The molecule has 0 fully saturated rings. The Morgan fingerprint density at radius 3 is 2.09 bits per heavy atom. The molecule has 0 radical (unpaired) electrons. The van der Waals surface area contributed by atoms with Gasteiger partial charge in [-0.1, -0.05) is 66.7 Å². The van der Waals surface area contributed by atoms with Crippen molar-refractivity contribution < 1.29 is 14.3 Å². The van der Waals surface area contributed by atoms with E-state index in [9.17, 15) is 10.1 Å². The van der Waals surface area contributed by atoms with Crippen molar-refractivity contribution in [1.82, 2.24) is 10.6 Å². The summed E-state index contributed by atoms with van der Waals surface area (Å²) < 4.78 is 10.6. The molecule has 3 aromatic rings. The Labute approximate surface area is 194 Å². The zero-order valence-corrected chi connectivity index (χ0v) is 18.7. The predicted molar refractivity (Wildman–Crippen MR) is 128 cm³/mol. The molecule has 168 valence electrons. The predicted octanol–water partition coefficient (Wildman–Crippen LogP) is 4.15. The van der Waals surface area contributed by atoms with Gasteiger partial charge in [-0.05, 0) is 35.2 Å². The van der Waals surface area contributed by atoms with E-state index in [0.29, 0.717) is 24.5 Å². The number of hydrogen-bond donors (Lipinski definition) is 2. The number of carbonyl (C=O) groups is 1. The van der Waals surface area contributed by atoms with Crippen LogP contribution in [0.15, 0.2) is 90.6 Å². The highest BCUT2D eigenvalue weighted by molar-refractivity contribution is 5.97. The summed E-state index contributed by atoms with van der Waals surface area (Å²) in [7, 11) is 3.19. The summed E-state index contributed by atoms with van der Waals surface area (Å²) in [5.41, 5.74) is 2.94. The molecule has 1 amide bonds. The van der Waals surface area contributed by atoms with Crippen LogP contribution in [0.25, 0.3) is 0 Å². The molecule has 0 atom stereocenters. The van der Waals surface area contributed by atoms with Crippen LogP contribution in [0.3, 0.4) is 0 Å². The Balaban J connectivity index is 1.65. The lowest BCUT2D eigenvalue weighted by Gasteiger charge is -2.19. The molecule has 0 saturated heterocycles. The third kappa shape index (κ3) is 6.37. The normalized spacial score (nSPS) is 10.9. The molecule has 33 heavy (non-hydrogen) atoms. The van der Waals surface area contributed by atoms with Gasteiger partial charge in [0.25, 0.3) is 5.91 Å². The van der Waals surface area contributed by atoms with Gasteiger partial charge in [0.05, 0.1) is 20.3 Å². The summed E-state index contributed by atoms with van der Waals surface area (Å²) in [4.78, 5) is 12.9. The SMILES string of the molecule is COc1ccc(CCN/C=C(/C#N)C(=O)NC(c2ccccc2)c2ccccc2)cc1OC. The van der Waals surface area contributed by atoms with Crippen LogP contribution in [0.4, 0.5) is 0 Å². The Morgan fingerprint density at radius 2 is 1.55 bits per heavy atom. The van der Waals surface area contributed by atoms with Crippen molar-refractivity contribution in [2.24, 2.45) is 0 Å². The molecule has 0 heterocycles. The van der Waals surface area contributed by atoms with Crippen LogP contribution in [-0.4, -0.2) is 26.7 Å². The standard InChI is InChI=1S/C27H27N3O3/c1-32-24-14-13-20(17-25(24)33-2)15-16-29-19-23(18-28)27(31)30-26(21-9-5-3-6-10-21)22-11-7-4-8-12-22/h3-14,17,19,26,29H,15-16H2,1-2H3,(H,30,31)/b23-19-. The first-order valence-corrected chi connectivity index (χ1v) is 10.6. The monoisotopic (exact) mass is 441 g/mol. The third-order valence-electron chi connectivity index (χ3n) is 5.16. The fourth-order valence-corrected chi connectivity index (χ4v) is 3.43. The number of nitrogens with one attached hydrogen (secondary N) is 2. The summed E-state index contributed by atoms with van der Waals surface area (Å²) in [5, 5.41) is 15.6. The fraction of sp³-hybridized carbons (Fsp3) is 0.185. The molecule has 0 bridgehead atoms. The Morgan fingerprint density at radius 1 is 0.939 bits per heavy atom. The largest absolute Gasteiger partial charge is 0.493 e. The quantitative estimate of drug-likeness (QED) is 0.281. The molecule has 2 N–H and O–H groups in total. The van der Waals surface area contributed by atoms with Crippen LogP contribution < -0.4 is 20.1 Å². The first-order chi connectivity index (χ1) is 16.2. The maximum Gasteiger partial charge on any atom is 0.264 e. The highest BCUT2D eigenvalue weighted by Gasteiger charge is 2.19. The van der Waals surface area contributed by atoms with E-state index in [0.717, 1.165) is 16.7 Å². The van der Waals surface area contributed by atoms with Crippen LogP contribution in [0.5, 0.6) is 11.5 Å². The molecule has 0 unspecified atom stereocenters. The van der Waals surface area contributed by atoms with Crippen LogP contribution in [-0.2, 0) is 11.2 Å². The summed E-state index contributed by atoms with van der Waals surface area (Å²) in [5.74, 6) is 0.897. The van der Waals surface area contributed by atoms with Crippen molar-refractivity contribution in [2.45, 2.75) is 12.5 Å². The Bertz CT molecular complexity index is 1080. The van der Waals surface area contributed by atoms with E-state index < -0.39 is 5.91 Å². The lowest BCUT2D eigenvalue weighted by Crippen LogP contribution is -2.31. The number of benzene rings is 3. The Hall–Kier alpha value is -4.24. The zero-order valence-electron chi connectivity index (χ0n) is 18.7. The number of ether oxygens (including phenoxy) is 2. The molecule has 0 aliphatic carbocycles. The van der Waals surface area contributed by atoms with E-state index in [-0.39, 0.29) is 11.6 Å². The van der Waals surface area contributed by atoms with Gasteiger partial charge in [-0.25, -0.2) is 0 Å². The molecule has 3 aromatic carbocycles. The molecule has 3 rings (SSSR count). The molecular weight excluding hydrogens is 414 g/mol. The molecule has 6 nitrogen and oxygen atoms in total. The van der Waals surface area contributed by atoms with E-state index in [1.807, 2.05) is 84.9 Å². The van der Waals surface area contributed by atoms with E-state index >= 15 is 0 Å². The first kappa shape index (κ1) is 23.4. The third-order valence-corrected chi connectivity index (χ3v) is 5.16.